The molecule has 3 nitrogen and oxygen atoms in total. The van der Waals surface area contributed by atoms with Gasteiger partial charge in [-0.15, -0.1) is 0 Å². The molecule has 1 aromatic heterocycles. The van der Waals surface area contributed by atoms with Gasteiger partial charge in [0.25, 0.3) is 0 Å². The Hall–Kier alpha value is -1.19. The third-order valence-corrected chi connectivity index (χ3v) is 2.60. The second kappa shape index (κ2) is 5.05. The normalized spacial score (nSPS) is 16.9. The number of hydrogen-bond acceptors (Lipinski definition) is 3. The van der Waals surface area contributed by atoms with Gasteiger partial charge in [-0.3, -0.25) is 9.88 Å². The number of rotatable bonds is 3. The molecule has 2 N–H and O–H groups in total. The van der Waals surface area contributed by atoms with E-state index in [0.717, 1.165) is 37.4 Å². The highest BCUT2D eigenvalue weighted by Crippen LogP contribution is 2.07. The molecular formula is C12H17N3. The molecule has 2 rings (SSSR count). The molecule has 2 heterocycles. The van der Waals surface area contributed by atoms with Crippen molar-refractivity contribution in [1.29, 1.82) is 0 Å². The molecule has 0 saturated carbocycles. The van der Waals surface area contributed by atoms with E-state index in [1.807, 2.05) is 12.1 Å². The van der Waals surface area contributed by atoms with Crippen molar-refractivity contribution in [3.05, 3.63) is 41.7 Å². The van der Waals surface area contributed by atoms with Gasteiger partial charge in [-0.05, 0) is 18.6 Å². The fraction of sp³-hybridized carbons (Fsp3) is 0.417. The van der Waals surface area contributed by atoms with Crippen molar-refractivity contribution >= 4 is 0 Å². The Morgan fingerprint density at radius 3 is 2.87 bits per heavy atom. The van der Waals surface area contributed by atoms with Crippen molar-refractivity contribution in [3.8, 4) is 0 Å². The van der Waals surface area contributed by atoms with Crippen molar-refractivity contribution in [1.82, 2.24) is 9.88 Å². The summed E-state index contributed by atoms with van der Waals surface area (Å²) in [6.07, 6.45) is 5.60. The largest absolute Gasteiger partial charge is 0.325 e. The van der Waals surface area contributed by atoms with Crippen LogP contribution in [0.2, 0.25) is 0 Å². The van der Waals surface area contributed by atoms with E-state index in [4.69, 9.17) is 5.73 Å². The van der Waals surface area contributed by atoms with Gasteiger partial charge in [-0.2, -0.15) is 0 Å². The summed E-state index contributed by atoms with van der Waals surface area (Å²) in [5.41, 5.74) is 7.66. The van der Waals surface area contributed by atoms with Crippen LogP contribution in [0.1, 0.15) is 17.8 Å². The molecule has 80 valence electrons. The van der Waals surface area contributed by atoms with E-state index >= 15 is 0 Å². The summed E-state index contributed by atoms with van der Waals surface area (Å²) in [6, 6.07) is 6.07. The van der Waals surface area contributed by atoms with Crippen LogP contribution < -0.4 is 5.73 Å². The Labute approximate surface area is 90.6 Å². The average molecular weight is 203 g/mol. The topological polar surface area (TPSA) is 42.1 Å². The van der Waals surface area contributed by atoms with E-state index in [0.29, 0.717) is 6.54 Å². The fourth-order valence-corrected chi connectivity index (χ4v) is 1.79. The number of nitrogens with two attached hydrogens (primary N) is 1. The third-order valence-electron chi connectivity index (χ3n) is 2.60. The van der Waals surface area contributed by atoms with Crippen LogP contribution in [0.4, 0.5) is 0 Å². The summed E-state index contributed by atoms with van der Waals surface area (Å²) >= 11 is 0. The predicted octanol–water partition coefficient (Wildman–Crippen LogP) is 1.30. The molecule has 0 bridgehead atoms. The van der Waals surface area contributed by atoms with Gasteiger partial charge in [0.05, 0.1) is 11.4 Å². The number of aromatic nitrogens is 1. The lowest BCUT2D eigenvalue weighted by molar-refractivity contribution is 0.287. The first-order valence-corrected chi connectivity index (χ1v) is 5.41. The highest BCUT2D eigenvalue weighted by atomic mass is 15.1. The highest BCUT2D eigenvalue weighted by Gasteiger charge is 2.07. The standard InChI is InChI=1S/C12H17N3/c13-9-11-5-4-6-12(14-11)10-15-7-2-1-3-8-15/h1-2,4-6H,3,7-10,13H2. The van der Waals surface area contributed by atoms with Crippen LogP contribution in [0.15, 0.2) is 30.4 Å². The van der Waals surface area contributed by atoms with Gasteiger partial charge >= 0.3 is 0 Å². The van der Waals surface area contributed by atoms with Crippen molar-refractivity contribution in [2.45, 2.75) is 19.5 Å². The van der Waals surface area contributed by atoms with Crippen LogP contribution in [-0.2, 0) is 13.1 Å². The SMILES string of the molecule is NCc1cccc(CN2CC=CCC2)n1. The fourth-order valence-electron chi connectivity index (χ4n) is 1.79. The van der Waals surface area contributed by atoms with Gasteiger partial charge in [0.2, 0.25) is 0 Å². The van der Waals surface area contributed by atoms with Gasteiger partial charge in [-0.1, -0.05) is 18.2 Å². The molecular weight excluding hydrogens is 186 g/mol. The van der Waals surface area contributed by atoms with Crippen molar-refractivity contribution in [3.63, 3.8) is 0 Å². The molecule has 0 saturated heterocycles. The summed E-state index contributed by atoms with van der Waals surface area (Å²) in [5, 5.41) is 0. The summed E-state index contributed by atoms with van der Waals surface area (Å²) < 4.78 is 0. The van der Waals surface area contributed by atoms with E-state index in [1.54, 1.807) is 0 Å². The van der Waals surface area contributed by atoms with Gasteiger partial charge in [0.1, 0.15) is 0 Å². The zero-order valence-electron chi connectivity index (χ0n) is 8.89. The molecule has 0 spiro atoms. The second-order valence-corrected chi connectivity index (χ2v) is 3.82. The van der Waals surface area contributed by atoms with E-state index < -0.39 is 0 Å². The molecule has 1 aromatic rings. The smallest absolute Gasteiger partial charge is 0.0547 e. The molecule has 0 radical (unpaired) electrons. The number of pyridine rings is 1. The van der Waals surface area contributed by atoms with Crippen LogP contribution in [0.3, 0.4) is 0 Å². The van der Waals surface area contributed by atoms with Gasteiger partial charge < -0.3 is 5.73 Å². The molecule has 1 aliphatic heterocycles. The number of nitrogens with zero attached hydrogens (tertiary/aromatic N) is 2. The Morgan fingerprint density at radius 1 is 1.27 bits per heavy atom. The van der Waals surface area contributed by atoms with Gasteiger partial charge in [0.15, 0.2) is 0 Å². The molecule has 15 heavy (non-hydrogen) atoms. The van der Waals surface area contributed by atoms with Crippen LogP contribution in [0, 0.1) is 0 Å². The maximum Gasteiger partial charge on any atom is 0.0547 e. The second-order valence-electron chi connectivity index (χ2n) is 3.82. The Morgan fingerprint density at radius 2 is 2.13 bits per heavy atom. The van der Waals surface area contributed by atoms with Crippen LogP contribution in [-0.4, -0.2) is 23.0 Å². The lowest BCUT2D eigenvalue weighted by Crippen LogP contribution is -2.27. The first-order valence-electron chi connectivity index (χ1n) is 5.41. The molecule has 0 amide bonds. The average Bonchev–Trinajstić information content (AvgIpc) is 2.31. The Balaban J connectivity index is 2.00. The maximum atomic E-state index is 5.56. The predicted molar refractivity (Wildman–Crippen MR) is 61.2 cm³/mol. The van der Waals surface area contributed by atoms with Gasteiger partial charge in [0, 0.05) is 26.2 Å². The maximum absolute atomic E-state index is 5.56. The first-order chi connectivity index (χ1) is 7.38. The van der Waals surface area contributed by atoms with Crippen LogP contribution >= 0.6 is 0 Å². The van der Waals surface area contributed by atoms with Crippen LogP contribution in [0.25, 0.3) is 0 Å². The minimum Gasteiger partial charge on any atom is -0.325 e. The minimum absolute atomic E-state index is 0.522. The van der Waals surface area contributed by atoms with Crippen molar-refractivity contribution in [2.75, 3.05) is 13.1 Å². The molecule has 0 atom stereocenters. The van der Waals surface area contributed by atoms with Crippen LogP contribution in [0.5, 0.6) is 0 Å². The lowest BCUT2D eigenvalue weighted by atomic mass is 10.2. The van der Waals surface area contributed by atoms with Crippen molar-refractivity contribution in [2.24, 2.45) is 5.73 Å². The quantitative estimate of drug-likeness (QED) is 0.753. The molecule has 0 fully saturated rings. The summed E-state index contributed by atoms with van der Waals surface area (Å²) in [5.74, 6) is 0. The summed E-state index contributed by atoms with van der Waals surface area (Å²) in [7, 11) is 0. The molecule has 0 aliphatic carbocycles. The van der Waals surface area contributed by atoms with E-state index in [-0.39, 0.29) is 0 Å². The van der Waals surface area contributed by atoms with Crippen molar-refractivity contribution < 1.29 is 0 Å². The summed E-state index contributed by atoms with van der Waals surface area (Å²) in [6.45, 7) is 3.62. The Kier molecular flexibility index (Phi) is 3.48. The molecule has 1 aliphatic rings. The highest BCUT2D eigenvalue weighted by molar-refractivity contribution is 5.11. The van der Waals surface area contributed by atoms with E-state index in [9.17, 15) is 0 Å². The van der Waals surface area contributed by atoms with Gasteiger partial charge in [-0.25, -0.2) is 0 Å². The number of hydrogen-bond donors (Lipinski definition) is 1. The summed E-state index contributed by atoms with van der Waals surface area (Å²) in [4.78, 5) is 6.89. The zero-order valence-corrected chi connectivity index (χ0v) is 8.89. The monoisotopic (exact) mass is 203 g/mol. The molecule has 0 aromatic carbocycles. The van der Waals surface area contributed by atoms with E-state index in [1.165, 1.54) is 0 Å². The third kappa shape index (κ3) is 2.88. The molecule has 0 unspecified atom stereocenters. The first kappa shape index (κ1) is 10.3. The molecule has 3 heteroatoms. The lowest BCUT2D eigenvalue weighted by Gasteiger charge is -2.22. The van der Waals surface area contributed by atoms with E-state index in [2.05, 4.69) is 28.1 Å². The minimum atomic E-state index is 0.522. The Bertz CT molecular complexity index is 346. The zero-order chi connectivity index (χ0) is 10.5.